The highest BCUT2D eigenvalue weighted by molar-refractivity contribution is 5.76. The largest absolute Gasteiger partial charge is 0.466 e. The molecule has 0 aliphatic carbocycles. The Balaban J connectivity index is 3.37. The number of carbonyl (C=O) groups is 2. The lowest BCUT2D eigenvalue weighted by Gasteiger charge is -2.22. The van der Waals surface area contributed by atoms with Gasteiger partial charge in [-0.05, 0) is 83.5 Å². The molecule has 0 aromatic carbocycles. The lowest BCUT2D eigenvalue weighted by atomic mass is 10.0. The van der Waals surface area contributed by atoms with Crippen molar-refractivity contribution in [3.8, 4) is 0 Å². The molecule has 0 aliphatic heterocycles. The number of rotatable bonds is 79. The maximum absolute atomic E-state index is 12.6. The van der Waals surface area contributed by atoms with Crippen LogP contribution in [0.15, 0.2) is 36.5 Å². The fourth-order valence-electron chi connectivity index (χ4n) is 13.3. The van der Waals surface area contributed by atoms with E-state index in [0.29, 0.717) is 25.9 Å². The number of esters is 1. The topological polar surface area (TPSA) is 95.9 Å². The normalized spacial score (nSPS) is 12.6. The van der Waals surface area contributed by atoms with Gasteiger partial charge in [0.25, 0.3) is 0 Å². The lowest BCUT2D eigenvalue weighted by molar-refractivity contribution is -0.143. The second kappa shape index (κ2) is 80.5. The molecule has 0 bridgehead atoms. The van der Waals surface area contributed by atoms with Crippen molar-refractivity contribution in [3.63, 3.8) is 0 Å². The summed E-state index contributed by atoms with van der Waals surface area (Å²) in [5.74, 6) is -0.0129. The molecule has 538 valence electrons. The quantitative estimate of drug-likeness (QED) is 0.0320. The van der Waals surface area contributed by atoms with Gasteiger partial charge in [0.2, 0.25) is 5.91 Å². The Hall–Kier alpha value is -1.92. The van der Waals surface area contributed by atoms with Crippen LogP contribution < -0.4 is 5.32 Å². The third-order valence-electron chi connectivity index (χ3n) is 19.7. The van der Waals surface area contributed by atoms with Gasteiger partial charge in [0.05, 0.1) is 25.4 Å². The lowest BCUT2D eigenvalue weighted by Crippen LogP contribution is -2.45. The average Bonchev–Trinajstić information content (AvgIpc) is 3.59. The summed E-state index contributed by atoms with van der Waals surface area (Å²) in [6.45, 7) is 5.00. The average molecular weight is 1280 g/mol. The number of ether oxygens (including phenoxy) is 1. The molecule has 0 heterocycles. The molecule has 1 amide bonds. The molecule has 6 heteroatoms. The minimum atomic E-state index is -0.664. The first-order valence-electron chi connectivity index (χ1n) is 41.7. The summed E-state index contributed by atoms with van der Waals surface area (Å²) in [5, 5.41) is 23.5. The standard InChI is InChI=1S/C85H163NO5/c1-3-5-7-9-11-13-15-17-19-21-22-23-39-42-46-49-53-57-61-65-69-73-77-83(88)82(81-87)86-84(89)78-74-70-66-62-58-54-50-47-43-40-37-35-33-31-29-27-25-24-26-28-30-32-34-36-38-41-44-48-52-56-60-64-68-72-76-80-91-85(90)79-75-71-67-63-59-55-51-45-20-18-16-14-12-10-8-6-4-2/h18,20,26,28,32,34,82-83,87-88H,3-17,19,21-25,27,29-31,33,35-81H2,1-2H3,(H,86,89)/b20-18-,28-26-,34-32-. The zero-order valence-corrected chi connectivity index (χ0v) is 61.9. The van der Waals surface area contributed by atoms with E-state index in [1.54, 1.807) is 0 Å². The van der Waals surface area contributed by atoms with Crippen LogP contribution in [0.1, 0.15) is 470 Å². The van der Waals surface area contributed by atoms with Gasteiger partial charge in [-0.25, -0.2) is 0 Å². The zero-order chi connectivity index (χ0) is 65.6. The predicted molar refractivity (Wildman–Crippen MR) is 403 cm³/mol. The smallest absolute Gasteiger partial charge is 0.305 e. The van der Waals surface area contributed by atoms with E-state index in [2.05, 4.69) is 55.6 Å². The first-order valence-corrected chi connectivity index (χ1v) is 41.7. The zero-order valence-electron chi connectivity index (χ0n) is 61.9. The van der Waals surface area contributed by atoms with E-state index in [-0.39, 0.29) is 18.5 Å². The van der Waals surface area contributed by atoms with Crippen molar-refractivity contribution in [1.29, 1.82) is 0 Å². The SMILES string of the molecule is CCCCCCCC/C=C\CCCCCCCCCC(=O)OCCCCCCCCCCCCC/C=C\C/C=C\CCCCCCCCCCCCCCCCCCCC(=O)NC(CO)C(O)CCCCCCCCCCCCCCCCCCCCCCCC. The van der Waals surface area contributed by atoms with Crippen LogP contribution in [-0.4, -0.2) is 47.4 Å². The second-order valence-corrected chi connectivity index (χ2v) is 28.8. The minimum Gasteiger partial charge on any atom is -0.466 e. The molecule has 0 saturated carbocycles. The van der Waals surface area contributed by atoms with Gasteiger partial charge in [0, 0.05) is 12.8 Å². The number of amides is 1. The van der Waals surface area contributed by atoms with Gasteiger partial charge in [-0.3, -0.25) is 9.59 Å². The van der Waals surface area contributed by atoms with Crippen LogP contribution in [0.25, 0.3) is 0 Å². The van der Waals surface area contributed by atoms with E-state index in [0.717, 1.165) is 51.4 Å². The van der Waals surface area contributed by atoms with E-state index in [1.807, 2.05) is 0 Å². The fourth-order valence-corrected chi connectivity index (χ4v) is 13.3. The Bertz CT molecular complexity index is 1470. The third-order valence-corrected chi connectivity index (χ3v) is 19.7. The molecule has 0 fully saturated rings. The second-order valence-electron chi connectivity index (χ2n) is 28.8. The maximum Gasteiger partial charge on any atom is 0.305 e. The molecule has 0 aliphatic rings. The first kappa shape index (κ1) is 89.1. The number of unbranched alkanes of at least 4 members (excludes halogenated alkanes) is 62. The van der Waals surface area contributed by atoms with Crippen molar-refractivity contribution < 1.29 is 24.5 Å². The molecule has 0 saturated heterocycles. The molecule has 0 rings (SSSR count). The Kier molecular flexibility index (Phi) is 78.8. The van der Waals surface area contributed by atoms with Gasteiger partial charge >= 0.3 is 5.97 Å². The summed E-state index contributed by atoms with van der Waals surface area (Å²) in [6, 6.07) is -0.541. The summed E-state index contributed by atoms with van der Waals surface area (Å²) >= 11 is 0. The van der Waals surface area contributed by atoms with Crippen LogP contribution in [0.3, 0.4) is 0 Å². The number of aliphatic hydroxyl groups is 2. The van der Waals surface area contributed by atoms with E-state index in [1.165, 1.54) is 385 Å². The summed E-state index contributed by atoms with van der Waals surface area (Å²) in [7, 11) is 0. The number of nitrogens with one attached hydrogen (secondary N) is 1. The van der Waals surface area contributed by atoms with E-state index in [9.17, 15) is 19.8 Å². The van der Waals surface area contributed by atoms with Crippen LogP contribution in [0.4, 0.5) is 0 Å². The number of carbonyl (C=O) groups excluding carboxylic acids is 2. The number of aliphatic hydroxyl groups excluding tert-OH is 2. The number of allylic oxidation sites excluding steroid dienone is 6. The van der Waals surface area contributed by atoms with Crippen LogP contribution in [0.2, 0.25) is 0 Å². The van der Waals surface area contributed by atoms with Crippen LogP contribution in [-0.2, 0) is 14.3 Å². The van der Waals surface area contributed by atoms with E-state index in [4.69, 9.17) is 4.74 Å². The Morgan fingerprint density at radius 3 is 0.846 bits per heavy atom. The highest BCUT2D eigenvalue weighted by Gasteiger charge is 2.20. The van der Waals surface area contributed by atoms with Gasteiger partial charge in [-0.1, -0.05) is 410 Å². The Morgan fingerprint density at radius 1 is 0.308 bits per heavy atom. The molecule has 0 spiro atoms. The maximum atomic E-state index is 12.6. The van der Waals surface area contributed by atoms with Crippen molar-refractivity contribution in [3.05, 3.63) is 36.5 Å². The highest BCUT2D eigenvalue weighted by atomic mass is 16.5. The first-order chi connectivity index (χ1) is 45.0. The van der Waals surface area contributed by atoms with Crippen LogP contribution >= 0.6 is 0 Å². The Labute approximate surface area is 570 Å². The predicted octanol–water partition coefficient (Wildman–Crippen LogP) is 27.8. The molecule has 91 heavy (non-hydrogen) atoms. The number of hydrogen-bond acceptors (Lipinski definition) is 5. The van der Waals surface area contributed by atoms with E-state index >= 15 is 0 Å². The molecular weight excluding hydrogens is 1110 g/mol. The van der Waals surface area contributed by atoms with Crippen molar-refractivity contribution in [2.45, 2.75) is 482 Å². The monoisotopic (exact) mass is 1280 g/mol. The third kappa shape index (κ3) is 77.0. The number of hydrogen-bond donors (Lipinski definition) is 3. The summed E-state index contributed by atoms with van der Waals surface area (Å²) in [6.07, 6.45) is 105. The molecular formula is C85H163NO5. The van der Waals surface area contributed by atoms with Gasteiger partial charge in [0.1, 0.15) is 0 Å². The summed E-state index contributed by atoms with van der Waals surface area (Å²) in [5.41, 5.74) is 0. The van der Waals surface area contributed by atoms with E-state index < -0.39 is 12.1 Å². The highest BCUT2D eigenvalue weighted by Crippen LogP contribution is 2.20. The van der Waals surface area contributed by atoms with Crippen molar-refractivity contribution in [2.24, 2.45) is 0 Å². The van der Waals surface area contributed by atoms with Crippen LogP contribution in [0, 0.1) is 0 Å². The van der Waals surface area contributed by atoms with Gasteiger partial charge < -0.3 is 20.3 Å². The molecule has 2 atom stereocenters. The van der Waals surface area contributed by atoms with Crippen molar-refractivity contribution in [2.75, 3.05) is 13.2 Å². The molecule has 3 N–H and O–H groups in total. The summed E-state index contributed by atoms with van der Waals surface area (Å²) in [4.78, 5) is 24.7. The molecule has 0 aromatic heterocycles. The van der Waals surface area contributed by atoms with Gasteiger partial charge in [0.15, 0.2) is 0 Å². The molecule has 6 nitrogen and oxygen atoms in total. The van der Waals surface area contributed by atoms with Crippen LogP contribution in [0.5, 0.6) is 0 Å². The molecule has 0 radical (unpaired) electrons. The van der Waals surface area contributed by atoms with Gasteiger partial charge in [-0.2, -0.15) is 0 Å². The summed E-state index contributed by atoms with van der Waals surface area (Å²) < 4.78 is 5.51. The van der Waals surface area contributed by atoms with Crippen molar-refractivity contribution in [1.82, 2.24) is 5.32 Å². The van der Waals surface area contributed by atoms with Gasteiger partial charge in [-0.15, -0.1) is 0 Å². The minimum absolute atomic E-state index is 0.0144. The van der Waals surface area contributed by atoms with Crippen molar-refractivity contribution >= 4 is 11.9 Å². The molecule has 2 unspecified atom stereocenters. The Morgan fingerprint density at radius 2 is 0.549 bits per heavy atom. The fraction of sp³-hybridized carbons (Fsp3) is 0.906. The molecule has 0 aromatic rings.